The largest absolute Gasteiger partial charge is 0.494 e. The molecule has 102 valence electrons. The molecule has 0 aliphatic carbocycles. The van der Waals surface area contributed by atoms with Gasteiger partial charge in [-0.05, 0) is 40.5 Å². The topological polar surface area (TPSA) is 21.3 Å². The van der Waals surface area contributed by atoms with Crippen LogP contribution in [0.2, 0.25) is 4.34 Å². The molecule has 5 heteroatoms. The standard InChI is InChI=1S/C14H15BrClNOS/c1-2-6-18-11-5-3-4-10(7-11)17-9-12-8-13(15)14(16)19-12/h3-5,7-8,17H,2,6,9H2,1H3. The fourth-order valence-corrected chi connectivity index (χ4v) is 3.31. The Morgan fingerprint density at radius 3 is 2.89 bits per heavy atom. The third-order valence-electron chi connectivity index (χ3n) is 2.47. The quantitative estimate of drug-likeness (QED) is 0.727. The van der Waals surface area contributed by atoms with Gasteiger partial charge in [-0.15, -0.1) is 11.3 Å². The van der Waals surface area contributed by atoms with E-state index in [1.165, 1.54) is 4.88 Å². The van der Waals surface area contributed by atoms with Crippen LogP contribution in [0.5, 0.6) is 5.75 Å². The highest BCUT2D eigenvalue weighted by Gasteiger charge is 2.04. The monoisotopic (exact) mass is 359 g/mol. The molecule has 0 aliphatic heterocycles. The normalized spacial score (nSPS) is 10.5. The van der Waals surface area contributed by atoms with E-state index in [1.807, 2.05) is 30.3 Å². The van der Waals surface area contributed by atoms with Crippen LogP contribution in [0.25, 0.3) is 0 Å². The molecular weight excluding hydrogens is 346 g/mol. The second kappa shape index (κ2) is 7.17. The minimum absolute atomic E-state index is 0.747. The number of halogens is 2. The van der Waals surface area contributed by atoms with Gasteiger partial charge >= 0.3 is 0 Å². The molecule has 0 aliphatic rings. The van der Waals surface area contributed by atoms with Crippen LogP contribution in [0.3, 0.4) is 0 Å². The van der Waals surface area contributed by atoms with Crippen molar-refractivity contribution >= 4 is 44.6 Å². The van der Waals surface area contributed by atoms with Crippen molar-refractivity contribution in [2.75, 3.05) is 11.9 Å². The zero-order valence-electron chi connectivity index (χ0n) is 10.6. The van der Waals surface area contributed by atoms with Crippen molar-refractivity contribution in [2.45, 2.75) is 19.9 Å². The summed E-state index contributed by atoms with van der Waals surface area (Å²) in [7, 11) is 0. The second-order valence-electron chi connectivity index (χ2n) is 4.06. The predicted octanol–water partition coefficient (Wildman–Crippen LogP) is 5.56. The molecule has 0 fully saturated rings. The summed E-state index contributed by atoms with van der Waals surface area (Å²) in [4.78, 5) is 1.19. The lowest BCUT2D eigenvalue weighted by Gasteiger charge is -2.08. The van der Waals surface area contributed by atoms with Crippen LogP contribution >= 0.6 is 38.9 Å². The maximum atomic E-state index is 6.02. The van der Waals surface area contributed by atoms with Crippen LogP contribution in [0.4, 0.5) is 5.69 Å². The van der Waals surface area contributed by atoms with Crippen molar-refractivity contribution in [3.05, 3.63) is 44.0 Å². The summed E-state index contributed by atoms with van der Waals surface area (Å²) in [6.07, 6.45) is 1.01. The van der Waals surface area contributed by atoms with Crippen LogP contribution in [-0.4, -0.2) is 6.61 Å². The summed E-state index contributed by atoms with van der Waals surface area (Å²) >= 11 is 11.0. The minimum Gasteiger partial charge on any atom is -0.494 e. The molecule has 0 bridgehead atoms. The van der Waals surface area contributed by atoms with Crippen LogP contribution in [-0.2, 0) is 6.54 Å². The number of hydrogen-bond acceptors (Lipinski definition) is 3. The van der Waals surface area contributed by atoms with Gasteiger partial charge in [0.05, 0.1) is 6.61 Å². The third kappa shape index (κ3) is 4.41. The number of rotatable bonds is 6. The van der Waals surface area contributed by atoms with Crippen LogP contribution < -0.4 is 10.1 Å². The average Bonchev–Trinajstić information content (AvgIpc) is 2.74. The SMILES string of the molecule is CCCOc1cccc(NCc2cc(Br)c(Cl)s2)c1. The fourth-order valence-electron chi connectivity index (χ4n) is 1.58. The number of benzene rings is 1. The highest BCUT2D eigenvalue weighted by Crippen LogP contribution is 2.32. The first-order chi connectivity index (χ1) is 9.19. The van der Waals surface area contributed by atoms with E-state index in [-0.39, 0.29) is 0 Å². The molecule has 2 aromatic rings. The van der Waals surface area contributed by atoms with Gasteiger partial charge in [0.1, 0.15) is 10.1 Å². The highest BCUT2D eigenvalue weighted by atomic mass is 79.9. The Bertz CT molecular complexity index is 524. The summed E-state index contributed by atoms with van der Waals surface area (Å²) in [5, 5.41) is 3.37. The first-order valence-corrected chi connectivity index (χ1v) is 8.08. The Labute approximate surface area is 130 Å². The summed E-state index contributed by atoms with van der Waals surface area (Å²) in [5.41, 5.74) is 1.05. The van der Waals surface area contributed by atoms with Crippen molar-refractivity contribution in [1.29, 1.82) is 0 Å². The lowest BCUT2D eigenvalue weighted by Crippen LogP contribution is -1.99. The van der Waals surface area contributed by atoms with Gasteiger partial charge in [-0.25, -0.2) is 0 Å². The molecule has 1 aromatic heterocycles. The molecule has 0 radical (unpaired) electrons. The molecule has 1 N–H and O–H groups in total. The smallest absolute Gasteiger partial charge is 0.121 e. The number of ether oxygens (including phenoxy) is 1. The lowest BCUT2D eigenvalue weighted by molar-refractivity contribution is 0.317. The van der Waals surface area contributed by atoms with E-state index in [0.29, 0.717) is 0 Å². The van der Waals surface area contributed by atoms with E-state index in [1.54, 1.807) is 11.3 Å². The molecule has 1 aromatic carbocycles. The van der Waals surface area contributed by atoms with E-state index in [0.717, 1.165) is 39.8 Å². The minimum atomic E-state index is 0.747. The van der Waals surface area contributed by atoms with Gasteiger partial charge in [0, 0.05) is 27.6 Å². The maximum Gasteiger partial charge on any atom is 0.121 e. The predicted molar refractivity (Wildman–Crippen MR) is 86.6 cm³/mol. The maximum absolute atomic E-state index is 6.02. The second-order valence-corrected chi connectivity index (χ2v) is 6.66. The van der Waals surface area contributed by atoms with E-state index in [2.05, 4.69) is 28.2 Å². The fraction of sp³-hybridized carbons (Fsp3) is 0.286. The lowest BCUT2D eigenvalue weighted by atomic mass is 10.3. The molecule has 0 unspecified atom stereocenters. The van der Waals surface area contributed by atoms with Crippen molar-refractivity contribution in [1.82, 2.24) is 0 Å². The molecule has 0 saturated carbocycles. The Morgan fingerprint density at radius 1 is 1.37 bits per heavy atom. The van der Waals surface area contributed by atoms with Gasteiger partial charge in [-0.2, -0.15) is 0 Å². The van der Waals surface area contributed by atoms with Gasteiger partial charge in [0.25, 0.3) is 0 Å². The zero-order chi connectivity index (χ0) is 13.7. The molecule has 0 saturated heterocycles. The third-order valence-corrected chi connectivity index (χ3v) is 4.94. The number of anilines is 1. The van der Waals surface area contributed by atoms with Gasteiger partial charge in [0.15, 0.2) is 0 Å². The van der Waals surface area contributed by atoms with Gasteiger partial charge in [-0.3, -0.25) is 0 Å². The first-order valence-electron chi connectivity index (χ1n) is 6.09. The number of nitrogens with one attached hydrogen (secondary N) is 1. The number of hydrogen-bond donors (Lipinski definition) is 1. The van der Waals surface area contributed by atoms with E-state index < -0.39 is 0 Å². The molecule has 0 amide bonds. The van der Waals surface area contributed by atoms with Crippen molar-refractivity contribution < 1.29 is 4.74 Å². The van der Waals surface area contributed by atoms with Gasteiger partial charge in [0.2, 0.25) is 0 Å². The molecule has 0 atom stereocenters. The average molecular weight is 361 g/mol. The van der Waals surface area contributed by atoms with Gasteiger partial charge in [-0.1, -0.05) is 24.6 Å². The Kier molecular flexibility index (Phi) is 5.55. The van der Waals surface area contributed by atoms with E-state index in [4.69, 9.17) is 16.3 Å². The molecular formula is C14H15BrClNOS. The summed E-state index contributed by atoms with van der Waals surface area (Å²) < 4.78 is 7.35. The Morgan fingerprint density at radius 2 is 2.21 bits per heavy atom. The summed E-state index contributed by atoms with van der Waals surface area (Å²) in [6, 6.07) is 10.0. The molecule has 2 nitrogen and oxygen atoms in total. The van der Waals surface area contributed by atoms with Crippen molar-refractivity contribution in [3.63, 3.8) is 0 Å². The zero-order valence-corrected chi connectivity index (χ0v) is 13.7. The molecule has 2 rings (SSSR count). The molecule has 19 heavy (non-hydrogen) atoms. The molecule has 1 heterocycles. The van der Waals surface area contributed by atoms with Crippen LogP contribution in [0.1, 0.15) is 18.2 Å². The van der Waals surface area contributed by atoms with Crippen molar-refractivity contribution in [3.8, 4) is 5.75 Å². The Balaban J connectivity index is 1.95. The number of thiophene rings is 1. The summed E-state index contributed by atoms with van der Waals surface area (Å²) in [5.74, 6) is 0.900. The first kappa shape index (κ1) is 14.7. The Hall–Kier alpha value is -0.710. The van der Waals surface area contributed by atoms with E-state index >= 15 is 0 Å². The highest BCUT2D eigenvalue weighted by molar-refractivity contribution is 9.10. The molecule has 0 spiro atoms. The van der Waals surface area contributed by atoms with Crippen LogP contribution in [0, 0.1) is 0 Å². The van der Waals surface area contributed by atoms with Gasteiger partial charge < -0.3 is 10.1 Å². The van der Waals surface area contributed by atoms with Crippen molar-refractivity contribution in [2.24, 2.45) is 0 Å². The van der Waals surface area contributed by atoms with E-state index in [9.17, 15) is 0 Å². The van der Waals surface area contributed by atoms with Crippen LogP contribution in [0.15, 0.2) is 34.8 Å². The summed E-state index contributed by atoms with van der Waals surface area (Å²) in [6.45, 7) is 3.60.